The Morgan fingerprint density at radius 3 is 2.85 bits per heavy atom. The maximum atomic E-state index is 10.6. The summed E-state index contributed by atoms with van der Waals surface area (Å²) in [5, 5.41) is 15.2. The predicted octanol–water partition coefficient (Wildman–Crippen LogP) is 1.92. The number of halogens is 2. The fraction of sp³-hybridized carbons (Fsp3) is 0.500. The first-order valence-electron chi connectivity index (χ1n) is 3.49. The van der Waals surface area contributed by atoms with Gasteiger partial charge in [-0.25, -0.2) is 0 Å². The van der Waals surface area contributed by atoms with Gasteiger partial charge in [-0.1, -0.05) is 27.5 Å². The lowest BCUT2D eigenvalue weighted by atomic mass is 10.3. The molecule has 1 heterocycles. The highest BCUT2D eigenvalue weighted by molar-refractivity contribution is 9.09. The molecule has 0 aliphatic carbocycles. The van der Waals surface area contributed by atoms with Crippen molar-refractivity contribution < 1.29 is 4.92 Å². The van der Waals surface area contributed by atoms with Gasteiger partial charge in [-0.15, -0.1) is 0 Å². The second kappa shape index (κ2) is 4.06. The van der Waals surface area contributed by atoms with Gasteiger partial charge >= 0.3 is 5.69 Å². The highest BCUT2D eigenvalue weighted by atomic mass is 79.9. The maximum Gasteiger partial charge on any atom is 0.329 e. The quantitative estimate of drug-likeness (QED) is 0.478. The van der Waals surface area contributed by atoms with E-state index < -0.39 is 4.92 Å². The Hall–Kier alpha value is -0.620. The van der Waals surface area contributed by atoms with E-state index in [4.69, 9.17) is 11.6 Å². The van der Waals surface area contributed by atoms with Crippen LogP contribution in [0.15, 0.2) is 0 Å². The van der Waals surface area contributed by atoms with Crippen molar-refractivity contribution in [3.05, 3.63) is 21.0 Å². The molecule has 0 aliphatic rings. The topological polar surface area (TPSA) is 61.0 Å². The van der Waals surface area contributed by atoms with Crippen LogP contribution in [-0.2, 0) is 13.5 Å². The summed E-state index contributed by atoms with van der Waals surface area (Å²) in [5.74, 6) is 0. The molecule has 0 aliphatic heterocycles. The first kappa shape index (κ1) is 10.5. The SMILES string of the molecule is Cn1nc(CCBr)c([N+](=O)[O-])c1Cl. The van der Waals surface area contributed by atoms with Crippen LogP contribution in [0.3, 0.4) is 0 Å². The Kier molecular flexibility index (Phi) is 3.27. The zero-order chi connectivity index (χ0) is 10.0. The molecule has 0 saturated heterocycles. The third kappa shape index (κ3) is 2.00. The van der Waals surface area contributed by atoms with Crippen LogP contribution in [0.25, 0.3) is 0 Å². The molecular formula is C6H7BrClN3O2. The van der Waals surface area contributed by atoms with Crippen molar-refractivity contribution in [2.45, 2.75) is 6.42 Å². The number of nitrogens with zero attached hydrogens (tertiary/aromatic N) is 3. The fourth-order valence-electron chi connectivity index (χ4n) is 0.983. The molecule has 0 atom stereocenters. The van der Waals surface area contributed by atoms with Crippen LogP contribution in [0.1, 0.15) is 5.69 Å². The Balaban J connectivity index is 3.18. The van der Waals surface area contributed by atoms with E-state index in [9.17, 15) is 10.1 Å². The highest BCUT2D eigenvalue weighted by Gasteiger charge is 2.24. The zero-order valence-electron chi connectivity index (χ0n) is 6.83. The van der Waals surface area contributed by atoms with Gasteiger partial charge in [0, 0.05) is 18.8 Å². The molecule has 5 nitrogen and oxygen atoms in total. The lowest BCUT2D eigenvalue weighted by molar-refractivity contribution is -0.385. The number of aryl methyl sites for hydroxylation is 2. The van der Waals surface area contributed by atoms with Gasteiger partial charge in [-0.2, -0.15) is 5.10 Å². The van der Waals surface area contributed by atoms with Crippen LogP contribution in [0.2, 0.25) is 5.15 Å². The Morgan fingerprint density at radius 1 is 1.77 bits per heavy atom. The summed E-state index contributed by atoms with van der Waals surface area (Å²) in [6.07, 6.45) is 0.497. The van der Waals surface area contributed by atoms with Gasteiger partial charge in [-0.05, 0) is 0 Å². The lowest BCUT2D eigenvalue weighted by Gasteiger charge is -1.90. The van der Waals surface area contributed by atoms with E-state index in [1.165, 1.54) is 4.68 Å². The smallest absolute Gasteiger partial charge is 0.258 e. The molecule has 0 aromatic carbocycles. The number of alkyl halides is 1. The van der Waals surface area contributed by atoms with Crippen LogP contribution in [0.4, 0.5) is 5.69 Å². The number of nitro groups is 1. The normalized spacial score (nSPS) is 10.4. The first-order valence-corrected chi connectivity index (χ1v) is 4.99. The summed E-state index contributed by atoms with van der Waals surface area (Å²) in [6, 6.07) is 0. The van der Waals surface area contributed by atoms with Gasteiger partial charge in [0.1, 0.15) is 5.69 Å². The summed E-state index contributed by atoms with van der Waals surface area (Å²) in [7, 11) is 1.58. The van der Waals surface area contributed by atoms with E-state index in [2.05, 4.69) is 21.0 Å². The van der Waals surface area contributed by atoms with Crippen molar-refractivity contribution >= 4 is 33.2 Å². The lowest BCUT2D eigenvalue weighted by Crippen LogP contribution is -1.94. The minimum atomic E-state index is -0.507. The van der Waals surface area contributed by atoms with Crippen LogP contribution >= 0.6 is 27.5 Å². The molecule has 0 bridgehead atoms. The van der Waals surface area contributed by atoms with E-state index in [1.807, 2.05) is 0 Å². The second-order valence-corrected chi connectivity index (χ2v) is 3.56. The first-order chi connectivity index (χ1) is 6.07. The van der Waals surface area contributed by atoms with Crippen LogP contribution in [0, 0.1) is 10.1 Å². The van der Waals surface area contributed by atoms with Gasteiger partial charge < -0.3 is 0 Å². The predicted molar refractivity (Wildman–Crippen MR) is 52.4 cm³/mol. The Morgan fingerprint density at radius 2 is 2.38 bits per heavy atom. The summed E-state index contributed by atoms with van der Waals surface area (Å²) < 4.78 is 1.30. The van der Waals surface area contributed by atoms with E-state index in [0.29, 0.717) is 17.4 Å². The largest absolute Gasteiger partial charge is 0.329 e. The molecule has 1 rings (SSSR count). The van der Waals surface area contributed by atoms with Crippen molar-refractivity contribution in [2.24, 2.45) is 7.05 Å². The monoisotopic (exact) mass is 267 g/mol. The summed E-state index contributed by atoms with van der Waals surface area (Å²) >= 11 is 8.88. The number of hydrogen-bond donors (Lipinski definition) is 0. The molecule has 0 radical (unpaired) electrons. The Labute approximate surface area is 88.0 Å². The second-order valence-electron chi connectivity index (χ2n) is 2.41. The van der Waals surface area contributed by atoms with Gasteiger partial charge in [-0.3, -0.25) is 14.8 Å². The van der Waals surface area contributed by atoms with Crippen LogP contribution < -0.4 is 0 Å². The molecule has 0 saturated carbocycles. The van der Waals surface area contributed by atoms with Crippen molar-refractivity contribution in [3.63, 3.8) is 0 Å². The van der Waals surface area contributed by atoms with Crippen LogP contribution in [0.5, 0.6) is 0 Å². The molecule has 0 fully saturated rings. The summed E-state index contributed by atoms with van der Waals surface area (Å²) in [6.45, 7) is 0. The third-order valence-corrected chi connectivity index (χ3v) is 2.36. The van der Waals surface area contributed by atoms with Gasteiger partial charge in [0.15, 0.2) is 0 Å². The van der Waals surface area contributed by atoms with Gasteiger partial charge in [0.25, 0.3) is 0 Å². The van der Waals surface area contributed by atoms with Crippen molar-refractivity contribution in [1.29, 1.82) is 0 Å². The standard InChI is InChI=1S/C6H7BrClN3O2/c1-10-6(8)5(11(12)13)4(9-10)2-3-7/h2-3H2,1H3. The molecule has 1 aromatic rings. The Bertz CT molecular complexity index is 339. The molecular weight excluding hydrogens is 261 g/mol. The highest BCUT2D eigenvalue weighted by Crippen LogP contribution is 2.27. The van der Waals surface area contributed by atoms with E-state index in [0.717, 1.165) is 0 Å². The molecule has 0 amide bonds. The van der Waals surface area contributed by atoms with Gasteiger partial charge in [0.05, 0.1) is 4.92 Å². The number of rotatable bonds is 3. The summed E-state index contributed by atoms with van der Waals surface area (Å²) in [4.78, 5) is 10.1. The molecule has 1 aromatic heterocycles. The average molecular weight is 268 g/mol. The molecule has 72 valence electrons. The van der Waals surface area contributed by atoms with Crippen molar-refractivity contribution in [2.75, 3.05) is 5.33 Å². The molecule has 0 unspecified atom stereocenters. The molecule has 13 heavy (non-hydrogen) atoms. The zero-order valence-corrected chi connectivity index (χ0v) is 9.17. The maximum absolute atomic E-state index is 10.6. The summed E-state index contributed by atoms with van der Waals surface area (Å²) in [5.41, 5.74) is 0.318. The number of aromatic nitrogens is 2. The van der Waals surface area contributed by atoms with E-state index in [1.54, 1.807) is 7.05 Å². The third-order valence-electron chi connectivity index (χ3n) is 1.54. The van der Waals surface area contributed by atoms with Crippen molar-refractivity contribution in [3.8, 4) is 0 Å². The molecule has 7 heteroatoms. The molecule has 0 spiro atoms. The molecule has 0 N–H and O–H groups in total. The minimum Gasteiger partial charge on any atom is -0.258 e. The number of hydrogen-bond acceptors (Lipinski definition) is 3. The average Bonchev–Trinajstić information content (AvgIpc) is 2.28. The van der Waals surface area contributed by atoms with Crippen molar-refractivity contribution in [1.82, 2.24) is 9.78 Å². The van der Waals surface area contributed by atoms with Gasteiger partial charge in [0.2, 0.25) is 5.15 Å². The van der Waals surface area contributed by atoms with E-state index in [-0.39, 0.29) is 10.8 Å². The van der Waals surface area contributed by atoms with Crippen LogP contribution in [-0.4, -0.2) is 20.0 Å². The minimum absolute atomic E-state index is 0.0703. The fourth-order valence-corrected chi connectivity index (χ4v) is 1.57. The van der Waals surface area contributed by atoms with E-state index >= 15 is 0 Å².